The van der Waals surface area contributed by atoms with Gasteiger partial charge in [0, 0.05) is 37.2 Å². The number of nitro benzene ring substituents is 1. The molecule has 0 aromatic heterocycles. The van der Waals surface area contributed by atoms with E-state index in [4.69, 9.17) is 0 Å². The summed E-state index contributed by atoms with van der Waals surface area (Å²) in [7, 11) is 0. The van der Waals surface area contributed by atoms with Gasteiger partial charge in [0.25, 0.3) is 5.69 Å². The van der Waals surface area contributed by atoms with Crippen LogP contribution in [0.3, 0.4) is 0 Å². The number of nitro groups is 1. The average Bonchev–Trinajstić information content (AvgIpc) is 2.76. The number of benzene rings is 1. The molecule has 1 aliphatic rings. The first-order chi connectivity index (χ1) is 9.52. The number of rotatable bonds is 5. The Kier molecular flexibility index (Phi) is 3.97. The number of imide groups is 1. The summed E-state index contributed by atoms with van der Waals surface area (Å²) >= 11 is 0. The standard InChI is InChI=1S/C13H15N3O4/c1-2-14(9-15-12(17)7-8-13(15)18)10-3-5-11(6-4-10)16(19)20/h3-6H,2,7-9H2,1H3. The number of amides is 2. The van der Waals surface area contributed by atoms with Gasteiger partial charge >= 0.3 is 0 Å². The molecule has 20 heavy (non-hydrogen) atoms. The zero-order chi connectivity index (χ0) is 14.7. The number of nitrogens with zero attached hydrogens (tertiary/aromatic N) is 3. The normalized spacial score (nSPS) is 14.8. The van der Waals surface area contributed by atoms with E-state index in [0.29, 0.717) is 6.54 Å². The molecular weight excluding hydrogens is 262 g/mol. The summed E-state index contributed by atoms with van der Waals surface area (Å²) in [5, 5.41) is 10.6. The lowest BCUT2D eigenvalue weighted by Gasteiger charge is -2.27. The van der Waals surface area contributed by atoms with Crippen molar-refractivity contribution in [2.75, 3.05) is 18.1 Å². The molecule has 2 rings (SSSR count). The van der Waals surface area contributed by atoms with Crippen molar-refractivity contribution in [2.45, 2.75) is 19.8 Å². The molecule has 0 unspecified atom stereocenters. The Morgan fingerprint density at radius 3 is 2.20 bits per heavy atom. The molecule has 0 saturated carbocycles. The van der Waals surface area contributed by atoms with E-state index in [0.717, 1.165) is 5.69 Å². The number of hydrogen-bond acceptors (Lipinski definition) is 5. The van der Waals surface area contributed by atoms with Crippen molar-refractivity contribution in [3.05, 3.63) is 34.4 Å². The lowest BCUT2D eigenvalue weighted by atomic mass is 10.2. The number of carbonyl (C=O) groups excluding carboxylic acids is 2. The van der Waals surface area contributed by atoms with Crippen LogP contribution in [0.2, 0.25) is 0 Å². The zero-order valence-electron chi connectivity index (χ0n) is 11.1. The molecule has 0 atom stereocenters. The van der Waals surface area contributed by atoms with Crippen LogP contribution >= 0.6 is 0 Å². The Hall–Kier alpha value is -2.44. The monoisotopic (exact) mass is 277 g/mol. The fraction of sp³-hybridized carbons (Fsp3) is 0.385. The Labute approximate surface area is 115 Å². The molecule has 1 fully saturated rings. The molecule has 1 aromatic rings. The summed E-state index contributed by atoms with van der Waals surface area (Å²) < 4.78 is 0. The Bertz CT molecular complexity index is 525. The molecule has 1 saturated heterocycles. The van der Waals surface area contributed by atoms with Crippen LogP contribution in [0, 0.1) is 10.1 Å². The second-order valence-electron chi connectivity index (χ2n) is 4.49. The predicted molar refractivity (Wildman–Crippen MR) is 72.1 cm³/mol. The number of hydrogen-bond donors (Lipinski definition) is 0. The van der Waals surface area contributed by atoms with Crippen molar-refractivity contribution < 1.29 is 14.5 Å². The van der Waals surface area contributed by atoms with Crippen LogP contribution in [0.1, 0.15) is 19.8 Å². The smallest absolute Gasteiger partial charge is 0.269 e. The van der Waals surface area contributed by atoms with Crippen LogP contribution in [0.4, 0.5) is 11.4 Å². The van der Waals surface area contributed by atoms with Crippen molar-refractivity contribution in [3.63, 3.8) is 0 Å². The molecule has 0 spiro atoms. The Balaban J connectivity index is 2.13. The molecule has 106 valence electrons. The highest BCUT2D eigenvalue weighted by Gasteiger charge is 2.30. The van der Waals surface area contributed by atoms with E-state index < -0.39 is 4.92 Å². The minimum absolute atomic E-state index is 0.0122. The van der Waals surface area contributed by atoms with Crippen molar-refractivity contribution in [1.29, 1.82) is 0 Å². The van der Waals surface area contributed by atoms with E-state index in [1.165, 1.54) is 17.0 Å². The van der Waals surface area contributed by atoms with Crippen LogP contribution in [0.5, 0.6) is 0 Å². The van der Waals surface area contributed by atoms with E-state index in [1.54, 1.807) is 12.1 Å². The second kappa shape index (κ2) is 5.68. The third-order valence-electron chi connectivity index (χ3n) is 3.27. The van der Waals surface area contributed by atoms with Gasteiger partial charge in [0.15, 0.2) is 0 Å². The van der Waals surface area contributed by atoms with Crippen LogP contribution in [-0.4, -0.2) is 34.9 Å². The minimum Gasteiger partial charge on any atom is -0.354 e. The third-order valence-corrected chi connectivity index (χ3v) is 3.27. The van der Waals surface area contributed by atoms with E-state index in [1.807, 2.05) is 11.8 Å². The molecule has 1 aliphatic heterocycles. The van der Waals surface area contributed by atoms with Gasteiger partial charge in [-0.3, -0.25) is 24.6 Å². The van der Waals surface area contributed by atoms with E-state index >= 15 is 0 Å². The van der Waals surface area contributed by atoms with E-state index in [-0.39, 0.29) is 37.0 Å². The number of anilines is 1. The molecule has 0 bridgehead atoms. The first-order valence-corrected chi connectivity index (χ1v) is 6.35. The van der Waals surface area contributed by atoms with Gasteiger partial charge in [-0.05, 0) is 19.1 Å². The maximum absolute atomic E-state index is 11.6. The van der Waals surface area contributed by atoms with E-state index in [9.17, 15) is 19.7 Å². The molecular formula is C13H15N3O4. The molecule has 7 nitrogen and oxygen atoms in total. The molecule has 2 amide bonds. The summed E-state index contributed by atoms with van der Waals surface area (Å²) in [6, 6.07) is 6.05. The average molecular weight is 277 g/mol. The van der Waals surface area contributed by atoms with Gasteiger partial charge < -0.3 is 4.90 Å². The third kappa shape index (κ3) is 2.76. The SMILES string of the molecule is CCN(CN1C(=O)CCC1=O)c1ccc([N+](=O)[O-])cc1. The molecule has 1 heterocycles. The number of likely N-dealkylation sites (tertiary alicyclic amines) is 1. The fourth-order valence-electron chi connectivity index (χ4n) is 2.10. The largest absolute Gasteiger partial charge is 0.354 e. The van der Waals surface area contributed by atoms with Gasteiger partial charge in [0.05, 0.1) is 4.92 Å². The van der Waals surface area contributed by atoms with Crippen molar-refractivity contribution >= 4 is 23.2 Å². The number of carbonyl (C=O) groups is 2. The lowest BCUT2D eigenvalue weighted by Crippen LogP contribution is -2.40. The maximum atomic E-state index is 11.6. The van der Waals surface area contributed by atoms with Crippen molar-refractivity contribution in [2.24, 2.45) is 0 Å². The van der Waals surface area contributed by atoms with Crippen LogP contribution in [0.25, 0.3) is 0 Å². The van der Waals surface area contributed by atoms with E-state index in [2.05, 4.69) is 0 Å². The fourth-order valence-corrected chi connectivity index (χ4v) is 2.10. The molecule has 0 aliphatic carbocycles. The van der Waals surface area contributed by atoms with Crippen molar-refractivity contribution in [3.8, 4) is 0 Å². The zero-order valence-corrected chi connectivity index (χ0v) is 11.1. The number of non-ortho nitro benzene ring substituents is 1. The maximum Gasteiger partial charge on any atom is 0.269 e. The van der Waals surface area contributed by atoms with Gasteiger partial charge in [-0.2, -0.15) is 0 Å². The minimum atomic E-state index is -0.465. The predicted octanol–water partition coefficient (Wildman–Crippen LogP) is 1.53. The van der Waals surface area contributed by atoms with Crippen LogP contribution in [0.15, 0.2) is 24.3 Å². The molecule has 0 N–H and O–H groups in total. The van der Waals surface area contributed by atoms with Gasteiger partial charge in [0.2, 0.25) is 11.8 Å². The van der Waals surface area contributed by atoms with Gasteiger partial charge in [-0.1, -0.05) is 0 Å². The topological polar surface area (TPSA) is 83.8 Å². The van der Waals surface area contributed by atoms with Gasteiger partial charge in [-0.15, -0.1) is 0 Å². The van der Waals surface area contributed by atoms with Gasteiger partial charge in [0.1, 0.15) is 6.67 Å². The van der Waals surface area contributed by atoms with Gasteiger partial charge in [-0.25, -0.2) is 0 Å². The first kappa shape index (κ1) is 14.0. The summed E-state index contributed by atoms with van der Waals surface area (Å²) in [5.74, 6) is -0.342. The molecule has 0 radical (unpaired) electrons. The van der Waals surface area contributed by atoms with Crippen molar-refractivity contribution in [1.82, 2.24) is 4.90 Å². The first-order valence-electron chi connectivity index (χ1n) is 6.35. The highest BCUT2D eigenvalue weighted by molar-refractivity contribution is 6.02. The second-order valence-corrected chi connectivity index (χ2v) is 4.49. The lowest BCUT2D eigenvalue weighted by molar-refractivity contribution is -0.384. The summed E-state index contributed by atoms with van der Waals surface area (Å²) in [4.78, 5) is 36.4. The Morgan fingerprint density at radius 1 is 1.20 bits per heavy atom. The quantitative estimate of drug-likeness (QED) is 0.463. The van der Waals surface area contributed by atoms with Crippen LogP contribution < -0.4 is 4.90 Å². The molecule has 1 aromatic carbocycles. The van der Waals surface area contributed by atoms with Crippen LogP contribution in [-0.2, 0) is 9.59 Å². The highest BCUT2D eigenvalue weighted by Crippen LogP contribution is 2.21. The summed E-state index contributed by atoms with van der Waals surface area (Å²) in [6.45, 7) is 2.67. The summed E-state index contributed by atoms with van der Waals surface area (Å²) in [5.41, 5.74) is 0.753. The molecule has 7 heteroatoms. The highest BCUT2D eigenvalue weighted by atomic mass is 16.6. The Morgan fingerprint density at radius 2 is 1.75 bits per heavy atom. The summed E-state index contributed by atoms with van der Waals surface area (Å²) in [6.07, 6.45) is 0.521.